The highest BCUT2D eigenvalue weighted by molar-refractivity contribution is 7.17. The van der Waals surface area contributed by atoms with Gasteiger partial charge in [0.15, 0.2) is 11.5 Å². The van der Waals surface area contributed by atoms with Crippen molar-refractivity contribution in [1.82, 2.24) is 10.3 Å². The van der Waals surface area contributed by atoms with Crippen molar-refractivity contribution in [3.8, 4) is 22.1 Å². The average Bonchev–Trinajstić information content (AvgIpc) is 3.15. The Balaban J connectivity index is 1.83. The van der Waals surface area contributed by atoms with Crippen LogP contribution in [0.1, 0.15) is 32.6 Å². The predicted molar refractivity (Wildman–Crippen MR) is 118 cm³/mol. The molecule has 0 atom stereocenters. The number of aromatic nitrogens is 1. The smallest absolute Gasteiger partial charge is 0.267 e. The third-order valence-electron chi connectivity index (χ3n) is 4.35. The Kier molecular flexibility index (Phi) is 6.68. The Hall–Kier alpha value is -3.39. The largest absolute Gasteiger partial charge is 0.493 e. The van der Waals surface area contributed by atoms with Crippen molar-refractivity contribution >= 4 is 28.8 Å². The van der Waals surface area contributed by atoms with Crippen molar-refractivity contribution in [3.63, 3.8) is 0 Å². The second-order valence-corrected chi connectivity index (χ2v) is 7.40. The van der Waals surface area contributed by atoms with Gasteiger partial charge in [-0.15, -0.1) is 11.3 Å². The van der Waals surface area contributed by atoms with E-state index < -0.39 is 0 Å². The fourth-order valence-corrected chi connectivity index (χ4v) is 3.85. The van der Waals surface area contributed by atoms with E-state index in [1.54, 1.807) is 51.5 Å². The number of amides is 2. The number of carbonyl (C=O) groups is 2. The lowest BCUT2D eigenvalue weighted by Crippen LogP contribution is -2.22. The Bertz CT molecular complexity index is 1080. The van der Waals surface area contributed by atoms with E-state index in [2.05, 4.69) is 15.6 Å². The number of ether oxygens (including phenoxy) is 2. The van der Waals surface area contributed by atoms with Crippen molar-refractivity contribution in [1.29, 1.82) is 0 Å². The van der Waals surface area contributed by atoms with E-state index in [1.807, 2.05) is 19.1 Å². The Morgan fingerprint density at radius 1 is 1.03 bits per heavy atom. The van der Waals surface area contributed by atoms with E-state index in [0.29, 0.717) is 44.9 Å². The highest BCUT2D eigenvalue weighted by Crippen LogP contribution is 2.35. The summed E-state index contributed by atoms with van der Waals surface area (Å²) in [5.41, 5.74) is 2.49. The normalized spacial score (nSPS) is 10.4. The van der Waals surface area contributed by atoms with Crippen LogP contribution in [0.4, 0.5) is 5.69 Å². The van der Waals surface area contributed by atoms with Crippen LogP contribution in [0.2, 0.25) is 0 Å². The summed E-state index contributed by atoms with van der Waals surface area (Å²) in [7, 11) is 3.15. The molecule has 0 bridgehead atoms. The third kappa shape index (κ3) is 4.60. The molecule has 0 aliphatic carbocycles. The predicted octanol–water partition coefficient (Wildman–Crippen LogP) is 4.14. The van der Waals surface area contributed by atoms with Gasteiger partial charge in [-0.2, -0.15) is 0 Å². The van der Waals surface area contributed by atoms with Gasteiger partial charge in [-0.1, -0.05) is 6.07 Å². The molecule has 0 saturated carbocycles. The topological polar surface area (TPSA) is 89.6 Å². The first-order valence-electron chi connectivity index (χ1n) is 9.36. The Labute approximate surface area is 179 Å². The number of hydrogen-bond donors (Lipinski definition) is 2. The van der Waals surface area contributed by atoms with Gasteiger partial charge in [0.1, 0.15) is 9.88 Å². The summed E-state index contributed by atoms with van der Waals surface area (Å²) in [5, 5.41) is 6.30. The number of methoxy groups -OCH3 is 2. The lowest BCUT2D eigenvalue weighted by molar-refractivity contribution is 0.0954. The average molecular weight is 426 g/mol. The monoisotopic (exact) mass is 425 g/mol. The van der Waals surface area contributed by atoms with Crippen molar-refractivity contribution in [2.45, 2.75) is 13.8 Å². The van der Waals surface area contributed by atoms with E-state index >= 15 is 0 Å². The zero-order chi connectivity index (χ0) is 21.7. The summed E-state index contributed by atoms with van der Waals surface area (Å²) in [5.74, 6) is 0.763. The number of aryl methyl sites for hydroxylation is 1. The summed E-state index contributed by atoms with van der Waals surface area (Å²) in [6.07, 6.45) is 0. The highest BCUT2D eigenvalue weighted by Gasteiger charge is 2.18. The molecule has 8 heteroatoms. The van der Waals surface area contributed by atoms with Gasteiger partial charge < -0.3 is 20.1 Å². The Morgan fingerprint density at radius 2 is 1.80 bits per heavy atom. The van der Waals surface area contributed by atoms with Crippen molar-refractivity contribution < 1.29 is 19.1 Å². The van der Waals surface area contributed by atoms with Crippen LogP contribution in [0, 0.1) is 6.92 Å². The molecule has 3 aromatic rings. The van der Waals surface area contributed by atoms with Gasteiger partial charge >= 0.3 is 0 Å². The zero-order valence-corrected chi connectivity index (χ0v) is 18.1. The quantitative estimate of drug-likeness (QED) is 0.594. The fourth-order valence-electron chi connectivity index (χ4n) is 2.89. The first kappa shape index (κ1) is 21.3. The number of rotatable bonds is 7. The third-order valence-corrected chi connectivity index (χ3v) is 5.56. The number of carbonyl (C=O) groups excluding carboxylic acids is 2. The van der Waals surface area contributed by atoms with Gasteiger partial charge in [0.25, 0.3) is 11.8 Å². The summed E-state index contributed by atoms with van der Waals surface area (Å²) >= 11 is 1.29. The molecule has 1 aromatic heterocycles. The van der Waals surface area contributed by atoms with Crippen LogP contribution >= 0.6 is 11.3 Å². The number of benzene rings is 2. The van der Waals surface area contributed by atoms with E-state index in [0.717, 1.165) is 5.56 Å². The molecule has 0 unspecified atom stereocenters. The molecular formula is C22H23N3O4S. The van der Waals surface area contributed by atoms with Crippen LogP contribution in [-0.4, -0.2) is 37.6 Å². The van der Waals surface area contributed by atoms with Gasteiger partial charge in [0, 0.05) is 23.4 Å². The van der Waals surface area contributed by atoms with E-state index in [4.69, 9.17) is 9.47 Å². The fraction of sp³-hybridized carbons (Fsp3) is 0.227. The molecule has 0 spiro atoms. The molecule has 2 amide bonds. The minimum absolute atomic E-state index is 0.182. The molecule has 2 aromatic carbocycles. The standard InChI is InChI=1S/C22H23N3O4S/c1-5-23-20(26)14-7-6-8-16(11-14)25-21(27)19-13(2)24-22(30-19)15-9-10-17(28-3)18(12-15)29-4/h6-12H,5H2,1-4H3,(H,23,26)(H,25,27). The van der Waals surface area contributed by atoms with E-state index in [-0.39, 0.29) is 11.8 Å². The molecule has 0 saturated heterocycles. The molecule has 2 N–H and O–H groups in total. The second kappa shape index (κ2) is 9.41. The van der Waals surface area contributed by atoms with Crippen LogP contribution in [0.5, 0.6) is 11.5 Å². The maximum atomic E-state index is 12.8. The SMILES string of the molecule is CCNC(=O)c1cccc(NC(=O)c2sc(-c3ccc(OC)c(OC)c3)nc2C)c1. The van der Waals surface area contributed by atoms with Crippen LogP contribution in [0.3, 0.4) is 0 Å². The molecular weight excluding hydrogens is 402 g/mol. The maximum Gasteiger partial charge on any atom is 0.267 e. The summed E-state index contributed by atoms with van der Waals surface area (Å²) in [4.78, 5) is 29.9. The lowest BCUT2D eigenvalue weighted by atomic mass is 10.2. The molecule has 30 heavy (non-hydrogen) atoms. The zero-order valence-electron chi connectivity index (χ0n) is 17.2. The summed E-state index contributed by atoms with van der Waals surface area (Å²) in [6.45, 7) is 4.18. The van der Waals surface area contributed by atoms with Gasteiger partial charge in [0.2, 0.25) is 0 Å². The number of hydrogen-bond acceptors (Lipinski definition) is 6. The van der Waals surface area contributed by atoms with E-state index in [9.17, 15) is 9.59 Å². The van der Waals surface area contributed by atoms with Gasteiger partial charge in [-0.05, 0) is 50.2 Å². The van der Waals surface area contributed by atoms with Crippen LogP contribution in [-0.2, 0) is 0 Å². The minimum atomic E-state index is -0.273. The number of nitrogens with zero attached hydrogens (tertiary/aromatic N) is 1. The molecule has 156 valence electrons. The van der Waals surface area contributed by atoms with Gasteiger partial charge in [0.05, 0.1) is 19.9 Å². The van der Waals surface area contributed by atoms with Crippen molar-refractivity contribution in [2.24, 2.45) is 0 Å². The molecule has 1 heterocycles. The minimum Gasteiger partial charge on any atom is -0.493 e. The summed E-state index contributed by atoms with van der Waals surface area (Å²) < 4.78 is 10.6. The molecule has 0 fully saturated rings. The van der Waals surface area contributed by atoms with Crippen LogP contribution < -0.4 is 20.1 Å². The van der Waals surface area contributed by atoms with Gasteiger partial charge in [-0.25, -0.2) is 4.98 Å². The van der Waals surface area contributed by atoms with Gasteiger partial charge in [-0.3, -0.25) is 9.59 Å². The van der Waals surface area contributed by atoms with Crippen molar-refractivity contribution in [3.05, 3.63) is 58.6 Å². The van der Waals surface area contributed by atoms with Crippen molar-refractivity contribution in [2.75, 3.05) is 26.1 Å². The lowest BCUT2D eigenvalue weighted by Gasteiger charge is -2.08. The second-order valence-electron chi connectivity index (χ2n) is 6.40. The number of nitrogens with one attached hydrogen (secondary N) is 2. The highest BCUT2D eigenvalue weighted by atomic mass is 32.1. The maximum absolute atomic E-state index is 12.8. The molecule has 0 aliphatic heterocycles. The van der Waals surface area contributed by atoms with Crippen LogP contribution in [0.25, 0.3) is 10.6 Å². The first-order valence-corrected chi connectivity index (χ1v) is 10.2. The summed E-state index contributed by atoms with van der Waals surface area (Å²) in [6, 6.07) is 12.3. The molecule has 0 radical (unpaired) electrons. The first-order chi connectivity index (χ1) is 14.5. The number of thiazole rings is 1. The number of anilines is 1. The Morgan fingerprint density at radius 3 is 2.50 bits per heavy atom. The molecule has 7 nitrogen and oxygen atoms in total. The van der Waals surface area contributed by atoms with Crippen LogP contribution in [0.15, 0.2) is 42.5 Å². The van der Waals surface area contributed by atoms with E-state index in [1.165, 1.54) is 11.3 Å². The molecule has 0 aliphatic rings. The molecule has 3 rings (SSSR count).